The van der Waals surface area contributed by atoms with E-state index in [1.807, 2.05) is 27.7 Å². The highest BCUT2D eigenvalue weighted by Crippen LogP contribution is 2.04. The lowest BCUT2D eigenvalue weighted by Gasteiger charge is -2.09. The van der Waals surface area contributed by atoms with Gasteiger partial charge < -0.3 is 0 Å². The van der Waals surface area contributed by atoms with Crippen molar-refractivity contribution >= 4 is 12.0 Å². The van der Waals surface area contributed by atoms with Crippen LogP contribution in [0.25, 0.3) is 0 Å². The summed E-state index contributed by atoms with van der Waals surface area (Å²) in [7, 11) is 0. The summed E-state index contributed by atoms with van der Waals surface area (Å²) in [5.41, 5.74) is -0.120. The Labute approximate surface area is 62.4 Å². The van der Waals surface area contributed by atoms with Crippen LogP contribution >= 0.6 is 0 Å². The highest BCUT2D eigenvalue weighted by Gasteiger charge is 2.05. The summed E-state index contributed by atoms with van der Waals surface area (Å²) in [6.45, 7) is 7.72. The van der Waals surface area contributed by atoms with Crippen LogP contribution in [0.15, 0.2) is 4.99 Å². The van der Waals surface area contributed by atoms with Crippen LogP contribution in [0.4, 0.5) is 0 Å². The zero-order chi connectivity index (χ0) is 8.20. The fourth-order valence-electron chi connectivity index (χ4n) is 0.357. The van der Waals surface area contributed by atoms with Gasteiger partial charge in [0.05, 0.1) is 11.8 Å². The number of carbonyl (C=O) groups is 1. The van der Waals surface area contributed by atoms with Crippen molar-refractivity contribution in [3.63, 3.8) is 0 Å². The van der Waals surface area contributed by atoms with Gasteiger partial charge in [-0.1, -0.05) is 6.92 Å². The van der Waals surface area contributed by atoms with Gasteiger partial charge in [0.15, 0.2) is 5.78 Å². The van der Waals surface area contributed by atoms with Crippen LogP contribution in [0.1, 0.15) is 34.1 Å². The van der Waals surface area contributed by atoms with Gasteiger partial charge in [0, 0.05) is 6.42 Å². The molecule has 0 aromatic rings. The first-order chi connectivity index (χ1) is 4.45. The molecule has 58 valence electrons. The van der Waals surface area contributed by atoms with Crippen molar-refractivity contribution in [1.29, 1.82) is 0 Å². The predicted molar refractivity (Wildman–Crippen MR) is 43.5 cm³/mol. The number of hydrogen-bond acceptors (Lipinski definition) is 2. The monoisotopic (exact) mass is 141 g/mol. The second kappa shape index (κ2) is 3.49. The van der Waals surface area contributed by atoms with Crippen LogP contribution in [0.5, 0.6) is 0 Å². The Kier molecular flexibility index (Phi) is 3.26. The lowest BCUT2D eigenvalue weighted by molar-refractivity contribution is -0.112. The normalized spacial score (nSPS) is 12.4. The molecule has 0 radical (unpaired) electrons. The number of carbonyl (C=O) groups excluding carboxylic acids is 1. The number of aliphatic imine (C=N–C) groups is 1. The minimum atomic E-state index is -0.120. The van der Waals surface area contributed by atoms with E-state index in [9.17, 15) is 4.79 Å². The van der Waals surface area contributed by atoms with Crippen molar-refractivity contribution in [2.75, 3.05) is 0 Å². The maximum Gasteiger partial charge on any atom is 0.173 e. The summed E-state index contributed by atoms with van der Waals surface area (Å²) >= 11 is 0. The molecule has 0 saturated heterocycles. The molecule has 0 spiro atoms. The maximum atomic E-state index is 10.7. The largest absolute Gasteiger partial charge is 0.293 e. The molecule has 0 aliphatic carbocycles. The zero-order valence-corrected chi connectivity index (χ0v) is 7.14. The van der Waals surface area contributed by atoms with Gasteiger partial charge in [-0.15, -0.1) is 0 Å². The first-order valence-corrected chi connectivity index (χ1v) is 3.54. The van der Waals surface area contributed by atoms with Crippen molar-refractivity contribution in [3.8, 4) is 0 Å². The van der Waals surface area contributed by atoms with Gasteiger partial charge in [-0.25, -0.2) is 0 Å². The van der Waals surface area contributed by atoms with Gasteiger partial charge in [-0.3, -0.25) is 9.79 Å². The van der Waals surface area contributed by atoms with E-state index in [1.54, 1.807) is 0 Å². The number of Topliss-reactive ketones (excluding diaryl/α,β-unsaturated/α-hetero) is 1. The van der Waals surface area contributed by atoms with E-state index in [0.29, 0.717) is 6.42 Å². The zero-order valence-electron chi connectivity index (χ0n) is 7.14. The molecule has 0 aromatic heterocycles. The predicted octanol–water partition coefficient (Wildman–Crippen LogP) is 1.83. The molecule has 0 aliphatic heterocycles. The first-order valence-electron chi connectivity index (χ1n) is 3.54. The van der Waals surface area contributed by atoms with Gasteiger partial charge in [0.25, 0.3) is 0 Å². The fourth-order valence-corrected chi connectivity index (χ4v) is 0.357. The quantitative estimate of drug-likeness (QED) is 0.539. The molecule has 0 amide bonds. The Morgan fingerprint density at radius 2 is 2.00 bits per heavy atom. The maximum absolute atomic E-state index is 10.7. The Balaban J connectivity index is 3.88. The van der Waals surface area contributed by atoms with Gasteiger partial charge >= 0.3 is 0 Å². The third-order valence-electron chi connectivity index (χ3n) is 0.944. The highest BCUT2D eigenvalue weighted by molar-refractivity contribution is 6.27. The Morgan fingerprint density at radius 3 is 2.30 bits per heavy atom. The van der Waals surface area contributed by atoms with E-state index in [2.05, 4.69) is 4.99 Å². The highest BCUT2D eigenvalue weighted by atomic mass is 16.1. The molecule has 2 nitrogen and oxygen atoms in total. The summed E-state index contributed by atoms with van der Waals surface area (Å²) < 4.78 is 0. The Morgan fingerprint density at radius 1 is 1.50 bits per heavy atom. The summed E-state index contributed by atoms with van der Waals surface area (Å²) in [4.78, 5) is 14.8. The van der Waals surface area contributed by atoms with Gasteiger partial charge in [-0.05, 0) is 20.8 Å². The molecule has 0 fully saturated rings. The smallest absolute Gasteiger partial charge is 0.173 e. The van der Waals surface area contributed by atoms with Crippen molar-refractivity contribution in [2.24, 2.45) is 4.99 Å². The molecule has 0 unspecified atom stereocenters. The molecule has 0 atom stereocenters. The molecular weight excluding hydrogens is 126 g/mol. The average Bonchev–Trinajstić information content (AvgIpc) is 1.81. The minimum Gasteiger partial charge on any atom is -0.293 e. The Bertz CT molecular complexity index is 142. The molecule has 2 heteroatoms. The van der Waals surface area contributed by atoms with Crippen molar-refractivity contribution in [1.82, 2.24) is 0 Å². The Hall–Kier alpha value is -0.660. The van der Waals surface area contributed by atoms with E-state index >= 15 is 0 Å². The number of ketones is 1. The summed E-state index contributed by atoms with van der Waals surface area (Å²) in [6.07, 6.45) is 1.96. The van der Waals surface area contributed by atoms with Gasteiger partial charge in [0.1, 0.15) is 0 Å². The molecule has 0 bridgehead atoms. The van der Waals surface area contributed by atoms with Crippen LogP contribution in [0, 0.1) is 0 Å². The van der Waals surface area contributed by atoms with E-state index in [4.69, 9.17) is 0 Å². The van der Waals surface area contributed by atoms with Crippen LogP contribution in [0.3, 0.4) is 0 Å². The standard InChI is InChI=1S/C8H15NO/c1-5-7(10)6-9-8(2,3)4/h6H,5H2,1-4H3. The van der Waals surface area contributed by atoms with E-state index in [0.717, 1.165) is 0 Å². The SMILES string of the molecule is CCC(=O)C=NC(C)(C)C. The van der Waals surface area contributed by atoms with Crippen molar-refractivity contribution in [2.45, 2.75) is 39.7 Å². The second-order valence-corrected chi connectivity index (χ2v) is 3.25. The van der Waals surface area contributed by atoms with Gasteiger partial charge in [-0.2, -0.15) is 0 Å². The van der Waals surface area contributed by atoms with Crippen LogP contribution in [0.2, 0.25) is 0 Å². The van der Waals surface area contributed by atoms with Crippen LogP contribution in [-0.2, 0) is 4.79 Å². The van der Waals surface area contributed by atoms with Crippen molar-refractivity contribution in [3.05, 3.63) is 0 Å². The molecule has 0 N–H and O–H groups in total. The molecule has 0 aliphatic rings. The van der Waals surface area contributed by atoms with E-state index in [-0.39, 0.29) is 11.3 Å². The molecule has 0 rings (SSSR count). The number of nitrogens with zero attached hydrogens (tertiary/aromatic N) is 1. The number of rotatable bonds is 2. The number of hydrogen-bond donors (Lipinski definition) is 0. The third-order valence-corrected chi connectivity index (χ3v) is 0.944. The molecule has 0 heterocycles. The summed E-state index contributed by atoms with van der Waals surface area (Å²) in [5, 5.41) is 0. The van der Waals surface area contributed by atoms with E-state index in [1.165, 1.54) is 6.21 Å². The minimum absolute atomic E-state index is 0.0925. The molecule has 0 saturated carbocycles. The molecule has 10 heavy (non-hydrogen) atoms. The summed E-state index contributed by atoms with van der Waals surface area (Å²) in [5.74, 6) is 0.0925. The molecule has 0 aromatic carbocycles. The third kappa shape index (κ3) is 5.48. The first kappa shape index (κ1) is 9.34. The fraction of sp³-hybridized carbons (Fsp3) is 0.750. The van der Waals surface area contributed by atoms with Crippen LogP contribution < -0.4 is 0 Å². The lowest BCUT2D eigenvalue weighted by atomic mass is 10.1. The van der Waals surface area contributed by atoms with E-state index < -0.39 is 0 Å². The lowest BCUT2D eigenvalue weighted by Crippen LogP contribution is -2.11. The molecular formula is C8H15NO. The second-order valence-electron chi connectivity index (χ2n) is 3.25. The average molecular weight is 141 g/mol. The van der Waals surface area contributed by atoms with Crippen molar-refractivity contribution < 1.29 is 4.79 Å². The summed E-state index contributed by atoms with van der Waals surface area (Å²) in [6, 6.07) is 0. The topological polar surface area (TPSA) is 29.4 Å². The van der Waals surface area contributed by atoms with Crippen LogP contribution in [-0.4, -0.2) is 17.5 Å². The van der Waals surface area contributed by atoms with Gasteiger partial charge in [0.2, 0.25) is 0 Å².